The molecule has 2 atom stereocenters. The Morgan fingerprint density at radius 2 is 2.39 bits per heavy atom. The Hall–Kier alpha value is -0.810. The van der Waals surface area contributed by atoms with Gasteiger partial charge in [-0.1, -0.05) is 32.5 Å². The molecule has 2 rings (SSSR count). The fourth-order valence-electron chi connectivity index (χ4n) is 2.65. The Labute approximate surface area is 112 Å². The zero-order valence-corrected chi connectivity index (χ0v) is 12.0. The molecular formula is C13H21N3OS. The van der Waals surface area contributed by atoms with Crippen LogP contribution in [0.25, 0.3) is 0 Å². The molecule has 0 amide bonds. The second-order valence-corrected chi connectivity index (χ2v) is 6.69. The summed E-state index contributed by atoms with van der Waals surface area (Å²) >= 11 is 1.69. The third kappa shape index (κ3) is 2.95. The van der Waals surface area contributed by atoms with E-state index in [-0.39, 0.29) is 5.56 Å². The SMILES string of the molecule is CCNC1C(Sc2nccc(=O)[nH]2)CCC1(C)C. The molecule has 0 bridgehead atoms. The predicted molar refractivity (Wildman–Crippen MR) is 75.0 cm³/mol. The maximum Gasteiger partial charge on any atom is 0.251 e. The van der Waals surface area contributed by atoms with Crippen molar-refractivity contribution in [3.8, 4) is 0 Å². The highest BCUT2D eigenvalue weighted by Crippen LogP contribution is 2.44. The largest absolute Gasteiger partial charge is 0.313 e. The molecule has 18 heavy (non-hydrogen) atoms. The monoisotopic (exact) mass is 267 g/mol. The van der Waals surface area contributed by atoms with Crippen molar-refractivity contribution in [2.24, 2.45) is 5.41 Å². The third-order valence-electron chi connectivity index (χ3n) is 3.62. The lowest BCUT2D eigenvalue weighted by Crippen LogP contribution is -2.43. The van der Waals surface area contributed by atoms with Gasteiger partial charge in [-0.25, -0.2) is 4.98 Å². The van der Waals surface area contributed by atoms with Crippen molar-refractivity contribution in [2.45, 2.75) is 50.1 Å². The normalized spacial score (nSPS) is 26.4. The molecular weight excluding hydrogens is 246 g/mol. The molecule has 4 nitrogen and oxygen atoms in total. The van der Waals surface area contributed by atoms with Gasteiger partial charge in [-0.05, 0) is 24.8 Å². The zero-order chi connectivity index (χ0) is 13.2. The number of aromatic nitrogens is 2. The van der Waals surface area contributed by atoms with Crippen LogP contribution in [0.15, 0.2) is 22.2 Å². The molecule has 1 saturated carbocycles. The summed E-state index contributed by atoms with van der Waals surface area (Å²) in [4.78, 5) is 18.3. The van der Waals surface area contributed by atoms with Crippen LogP contribution in [0.2, 0.25) is 0 Å². The number of nitrogens with one attached hydrogen (secondary N) is 2. The van der Waals surface area contributed by atoms with Crippen LogP contribution >= 0.6 is 11.8 Å². The molecule has 0 radical (unpaired) electrons. The standard InChI is InChI=1S/C13H21N3OS/c1-4-14-11-9(5-7-13(11,2)3)18-12-15-8-6-10(17)16-12/h6,8-9,11,14H,4-5,7H2,1-3H3,(H,15,16,17). The summed E-state index contributed by atoms with van der Waals surface area (Å²) in [6, 6.07) is 1.92. The highest BCUT2D eigenvalue weighted by molar-refractivity contribution is 7.99. The highest BCUT2D eigenvalue weighted by Gasteiger charge is 2.42. The predicted octanol–water partition coefficient (Wildman–Crippen LogP) is 2.03. The van der Waals surface area contributed by atoms with Crippen LogP contribution in [0, 0.1) is 5.41 Å². The van der Waals surface area contributed by atoms with Gasteiger partial charge in [0.2, 0.25) is 0 Å². The first-order chi connectivity index (χ1) is 8.53. The Morgan fingerprint density at radius 3 is 3.06 bits per heavy atom. The summed E-state index contributed by atoms with van der Waals surface area (Å²) in [5.74, 6) is 0. The van der Waals surface area contributed by atoms with E-state index < -0.39 is 0 Å². The summed E-state index contributed by atoms with van der Waals surface area (Å²) in [7, 11) is 0. The molecule has 1 fully saturated rings. The van der Waals surface area contributed by atoms with Gasteiger partial charge in [-0.2, -0.15) is 0 Å². The summed E-state index contributed by atoms with van der Waals surface area (Å²) in [6.45, 7) is 7.73. The molecule has 0 spiro atoms. The van der Waals surface area contributed by atoms with Gasteiger partial charge >= 0.3 is 0 Å². The molecule has 5 heteroatoms. The van der Waals surface area contributed by atoms with Crippen molar-refractivity contribution in [1.29, 1.82) is 0 Å². The molecule has 1 aliphatic rings. The van der Waals surface area contributed by atoms with Crippen LogP contribution in [-0.4, -0.2) is 27.8 Å². The van der Waals surface area contributed by atoms with Crippen LogP contribution < -0.4 is 10.9 Å². The molecule has 0 aliphatic heterocycles. The summed E-state index contributed by atoms with van der Waals surface area (Å²) < 4.78 is 0. The minimum Gasteiger partial charge on any atom is -0.313 e. The van der Waals surface area contributed by atoms with Gasteiger partial charge in [0.05, 0.1) is 0 Å². The van der Waals surface area contributed by atoms with Crippen LogP contribution in [-0.2, 0) is 0 Å². The Bertz CT molecular complexity index is 458. The fourth-order valence-corrected chi connectivity index (χ4v) is 4.05. The number of H-pyrrole nitrogens is 1. The molecule has 1 aliphatic carbocycles. The summed E-state index contributed by atoms with van der Waals surface area (Å²) in [5.41, 5.74) is 0.229. The van der Waals surface area contributed by atoms with E-state index in [0.29, 0.717) is 16.7 Å². The molecule has 1 aromatic rings. The molecule has 1 aromatic heterocycles. The first-order valence-corrected chi connectivity index (χ1v) is 7.36. The average Bonchev–Trinajstić information content (AvgIpc) is 2.57. The Morgan fingerprint density at radius 1 is 1.61 bits per heavy atom. The van der Waals surface area contributed by atoms with Crippen molar-refractivity contribution in [3.63, 3.8) is 0 Å². The number of aromatic amines is 1. The van der Waals surface area contributed by atoms with Crippen molar-refractivity contribution in [3.05, 3.63) is 22.6 Å². The van der Waals surface area contributed by atoms with Gasteiger partial charge in [0.15, 0.2) is 5.16 Å². The fraction of sp³-hybridized carbons (Fsp3) is 0.692. The van der Waals surface area contributed by atoms with Crippen molar-refractivity contribution >= 4 is 11.8 Å². The number of thioether (sulfide) groups is 1. The highest BCUT2D eigenvalue weighted by atomic mass is 32.2. The zero-order valence-electron chi connectivity index (χ0n) is 11.2. The van der Waals surface area contributed by atoms with Gasteiger partial charge < -0.3 is 10.3 Å². The van der Waals surface area contributed by atoms with Gasteiger partial charge in [-0.3, -0.25) is 4.79 Å². The van der Waals surface area contributed by atoms with Gasteiger partial charge in [0.1, 0.15) is 0 Å². The average molecular weight is 267 g/mol. The van der Waals surface area contributed by atoms with Gasteiger partial charge in [-0.15, -0.1) is 0 Å². The molecule has 1 heterocycles. The van der Waals surface area contributed by atoms with E-state index >= 15 is 0 Å². The van der Waals surface area contributed by atoms with E-state index in [4.69, 9.17) is 0 Å². The maximum absolute atomic E-state index is 11.3. The van der Waals surface area contributed by atoms with E-state index in [2.05, 4.69) is 36.1 Å². The molecule has 2 unspecified atom stereocenters. The van der Waals surface area contributed by atoms with Crippen LogP contribution in [0.1, 0.15) is 33.6 Å². The van der Waals surface area contributed by atoms with Crippen molar-refractivity contribution in [2.75, 3.05) is 6.54 Å². The number of rotatable bonds is 4. The first-order valence-electron chi connectivity index (χ1n) is 6.48. The molecule has 0 saturated heterocycles. The van der Waals surface area contributed by atoms with E-state index in [1.54, 1.807) is 18.0 Å². The van der Waals surface area contributed by atoms with Crippen molar-refractivity contribution < 1.29 is 0 Å². The summed E-state index contributed by atoms with van der Waals surface area (Å²) in [6.07, 6.45) is 3.94. The van der Waals surface area contributed by atoms with E-state index in [9.17, 15) is 4.79 Å². The molecule has 0 aromatic carbocycles. The number of hydrogen-bond donors (Lipinski definition) is 2. The third-order valence-corrected chi connectivity index (χ3v) is 4.86. The van der Waals surface area contributed by atoms with E-state index in [1.165, 1.54) is 12.5 Å². The minimum absolute atomic E-state index is 0.0789. The minimum atomic E-state index is -0.0789. The maximum atomic E-state index is 11.3. The smallest absolute Gasteiger partial charge is 0.251 e. The molecule has 2 N–H and O–H groups in total. The van der Waals surface area contributed by atoms with E-state index in [0.717, 1.165) is 18.1 Å². The first kappa shape index (κ1) is 13.6. The Balaban J connectivity index is 2.11. The quantitative estimate of drug-likeness (QED) is 0.820. The second kappa shape index (κ2) is 5.45. The van der Waals surface area contributed by atoms with Crippen LogP contribution in [0.3, 0.4) is 0 Å². The van der Waals surface area contributed by atoms with Crippen LogP contribution in [0.5, 0.6) is 0 Å². The van der Waals surface area contributed by atoms with Gasteiger partial charge in [0.25, 0.3) is 5.56 Å². The topological polar surface area (TPSA) is 57.8 Å². The van der Waals surface area contributed by atoms with Crippen molar-refractivity contribution in [1.82, 2.24) is 15.3 Å². The lowest BCUT2D eigenvalue weighted by Gasteiger charge is -2.30. The molecule has 100 valence electrons. The van der Waals surface area contributed by atoms with Gasteiger partial charge in [0, 0.05) is 23.6 Å². The van der Waals surface area contributed by atoms with E-state index in [1.807, 2.05) is 0 Å². The lowest BCUT2D eigenvalue weighted by atomic mass is 9.87. The van der Waals surface area contributed by atoms with Crippen LogP contribution in [0.4, 0.5) is 0 Å². The Kier molecular flexibility index (Phi) is 4.12. The number of hydrogen-bond acceptors (Lipinski definition) is 4. The second-order valence-electron chi connectivity index (χ2n) is 5.46. The lowest BCUT2D eigenvalue weighted by molar-refractivity contribution is 0.290. The summed E-state index contributed by atoms with van der Waals surface area (Å²) in [5, 5.41) is 4.79. The number of nitrogens with zero attached hydrogens (tertiary/aromatic N) is 1.